The number of rotatable bonds is 7. The summed E-state index contributed by atoms with van der Waals surface area (Å²) in [7, 11) is 1.57. The van der Waals surface area contributed by atoms with E-state index < -0.39 is 0 Å². The molecule has 0 atom stereocenters. The fourth-order valence-electron chi connectivity index (χ4n) is 2.60. The Kier molecular flexibility index (Phi) is 6.47. The van der Waals surface area contributed by atoms with Crippen LogP contribution in [0.5, 0.6) is 11.5 Å². The highest BCUT2D eigenvalue weighted by Gasteiger charge is 2.11. The Hall–Kier alpha value is -3.09. The van der Waals surface area contributed by atoms with E-state index in [2.05, 4.69) is 10.3 Å². The number of nitrogens with one attached hydrogen (secondary N) is 1. The van der Waals surface area contributed by atoms with Crippen LogP contribution in [0.15, 0.2) is 60.7 Å². The number of methoxy groups -OCH3 is 1. The van der Waals surface area contributed by atoms with Crippen molar-refractivity contribution in [3.8, 4) is 11.5 Å². The molecule has 1 heterocycles. The number of carbonyl (C=O) groups excluding carboxylic acids is 1. The Labute approximate surface area is 168 Å². The minimum Gasteiger partial charge on any atom is -0.457 e. The van der Waals surface area contributed by atoms with Crippen LogP contribution in [-0.2, 0) is 17.9 Å². The summed E-state index contributed by atoms with van der Waals surface area (Å²) in [5, 5.41) is 3.44. The quantitative estimate of drug-likeness (QED) is 0.624. The average molecular weight is 398 g/mol. The van der Waals surface area contributed by atoms with Gasteiger partial charge >= 0.3 is 0 Å². The Bertz CT molecular complexity index is 979. The fraction of sp³-hybridized carbons (Fsp3) is 0.143. The molecule has 1 aromatic heterocycles. The number of amides is 1. The molecule has 144 valence electrons. The minimum absolute atomic E-state index is 0.171. The van der Waals surface area contributed by atoms with Gasteiger partial charge in [0.05, 0.1) is 17.9 Å². The molecule has 0 aliphatic heterocycles. The summed E-state index contributed by atoms with van der Waals surface area (Å²) in [6.07, 6.45) is 0. The number of hydrogen-bond acceptors (Lipinski definition) is 5. The van der Waals surface area contributed by atoms with Crippen LogP contribution in [0.1, 0.15) is 21.6 Å². The maximum Gasteiger partial charge on any atom is 0.255 e. The molecule has 0 saturated heterocycles. The largest absolute Gasteiger partial charge is 0.457 e. The molecule has 2 aromatic carbocycles. The summed E-state index contributed by atoms with van der Waals surface area (Å²) in [5.41, 5.74) is 7.76. The third kappa shape index (κ3) is 5.22. The number of halogens is 1. The molecule has 0 radical (unpaired) electrons. The van der Waals surface area contributed by atoms with Gasteiger partial charge in [-0.25, -0.2) is 4.98 Å². The molecule has 28 heavy (non-hydrogen) atoms. The van der Waals surface area contributed by atoms with Gasteiger partial charge in [0, 0.05) is 18.7 Å². The second kappa shape index (κ2) is 9.21. The van der Waals surface area contributed by atoms with Crippen molar-refractivity contribution in [3.05, 3.63) is 82.5 Å². The topological polar surface area (TPSA) is 86.5 Å². The second-order valence-corrected chi connectivity index (χ2v) is 6.49. The SMILES string of the molecule is COCc1ccc(C(=O)NCc2cccc(Oc3cccc(Cl)c3)c2)c(N)n1. The molecule has 3 aromatic rings. The molecular weight excluding hydrogens is 378 g/mol. The summed E-state index contributed by atoms with van der Waals surface area (Å²) in [6, 6.07) is 18.0. The van der Waals surface area contributed by atoms with Crippen molar-refractivity contribution in [3.63, 3.8) is 0 Å². The van der Waals surface area contributed by atoms with E-state index in [-0.39, 0.29) is 11.7 Å². The Balaban J connectivity index is 1.64. The number of aromatic nitrogens is 1. The predicted molar refractivity (Wildman–Crippen MR) is 109 cm³/mol. The van der Waals surface area contributed by atoms with Gasteiger partial charge in [0.1, 0.15) is 17.3 Å². The van der Waals surface area contributed by atoms with E-state index in [0.29, 0.717) is 40.9 Å². The van der Waals surface area contributed by atoms with Crippen molar-refractivity contribution in [1.82, 2.24) is 10.3 Å². The highest BCUT2D eigenvalue weighted by atomic mass is 35.5. The third-order valence-corrected chi connectivity index (χ3v) is 4.14. The lowest BCUT2D eigenvalue weighted by atomic mass is 10.2. The zero-order chi connectivity index (χ0) is 19.9. The standard InChI is InChI=1S/C21H20ClN3O3/c1-27-13-16-8-9-19(20(23)25-16)21(26)24-12-14-4-2-6-17(10-14)28-18-7-3-5-15(22)11-18/h2-11H,12-13H2,1H3,(H2,23,25)(H,24,26). The van der Waals surface area contributed by atoms with E-state index in [1.165, 1.54) is 0 Å². The van der Waals surface area contributed by atoms with Crippen LogP contribution in [0.2, 0.25) is 5.02 Å². The molecule has 0 saturated carbocycles. The molecule has 0 aliphatic rings. The van der Waals surface area contributed by atoms with Gasteiger partial charge in [0.2, 0.25) is 0 Å². The number of ether oxygens (including phenoxy) is 2. The lowest BCUT2D eigenvalue weighted by molar-refractivity contribution is 0.0951. The Morgan fingerprint density at radius 1 is 1.11 bits per heavy atom. The summed E-state index contributed by atoms with van der Waals surface area (Å²) in [4.78, 5) is 16.6. The van der Waals surface area contributed by atoms with E-state index in [1.54, 1.807) is 31.4 Å². The molecule has 0 unspecified atom stereocenters. The van der Waals surface area contributed by atoms with Gasteiger partial charge in [0.15, 0.2) is 0 Å². The highest BCUT2D eigenvalue weighted by molar-refractivity contribution is 6.30. The van der Waals surface area contributed by atoms with Gasteiger partial charge in [-0.2, -0.15) is 0 Å². The second-order valence-electron chi connectivity index (χ2n) is 6.06. The van der Waals surface area contributed by atoms with Crippen LogP contribution in [-0.4, -0.2) is 18.0 Å². The van der Waals surface area contributed by atoms with Crippen LogP contribution < -0.4 is 15.8 Å². The summed E-state index contributed by atoms with van der Waals surface area (Å²) >= 11 is 5.98. The molecule has 3 N–H and O–H groups in total. The first-order chi connectivity index (χ1) is 13.5. The molecule has 0 fully saturated rings. The molecule has 3 rings (SSSR count). The highest BCUT2D eigenvalue weighted by Crippen LogP contribution is 2.24. The number of carbonyl (C=O) groups is 1. The van der Waals surface area contributed by atoms with Crippen molar-refractivity contribution in [2.45, 2.75) is 13.2 Å². The van der Waals surface area contributed by atoms with Crippen LogP contribution in [0.4, 0.5) is 5.82 Å². The molecule has 7 heteroatoms. The van der Waals surface area contributed by atoms with Crippen LogP contribution in [0.3, 0.4) is 0 Å². The summed E-state index contributed by atoms with van der Waals surface area (Å²) in [5.74, 6) is 1.17. The van der Waals surface area contributed by atoms with Crippen LogP contribution in [0.25, 0.3) is 0 Å². The normalized spacial score (nSPS) is 10.5. The van der Waals surface area contributed by atoms with Crippen molar-refractivity contribution in [2.24, 2.45) is 0 Å². The number of pyridine rings is 1. The van der Waals surface area contributed by atoms with Crippen LogP contribution in [0, 0.1) is 0 Å². The molecule has 0 spiro atoms. The van der Waals surface area contributed by atoms with E-state index in [1.807, 2.05) is 36.4 Å². The first kappa shape index (κ1) is 19.7. The van der Waals surface area contributed by atoms with Crippen molar-refractivity contribution in [1.29, 1.82) is 0 Å². The molecule has 0 bridgehead atoms. The van der Waals surface area contributed by atoms with E-state index in [0.717, 1.165) is 5.56 Å². The van der Waals surface area contributed by atoms with Gasteiger partial charge in [0.25, 0.3) is 5.91 Å². The number of nitrogens with zero attached hydrogens (tertiary/aromatic N) is 1. The number of hydrogen-bond donors (Lipinski definition) is 2. The maximum absolute atomic E-state index is 12.4. The zero-order valence-corrected chi connectivity index (χ0v) is 16.1. The van der Waals surface area contributed by atoms with Crippen molar-refractivity contribution < 1.29 is 14.3 Å². The van der Waals surface area contributed by atoms with Crippen LogP contribution >= 0.6 is 11.6 Å². The van der Waals surface area contributed by atoms with Crippen molar-refractivity contribution >= 4 is 23.3 Å². The monoisotopic (exact) mass is 397 g/mol. The predicted octanol–water partition coefficient (Wildman–Crippen LogP) is 4.19. The summed E-state index contributed by atoms with van der Waals surface area (Å²) in [6.45, 7) is 0.663. The zero-order valence-electron chi connectivity index (χ0n) is 15.3. The van der Waals surface area contributed by atoms with E-state index >= 15 is 0 Å². The molecular formula is C21H20ClN3O3. The average Bonchev–Trinajstić information content (AvgIpc) is 2.67. The fourth-order valence-corrected chi connectivity index (χ4v) is 2.78. The number of nitrogen functional groups attached to an aromatic ring is 1. The molecule has 6 nitrogen and oxygen atoms in total. The number of nitrogens with two attached hydrogens (primary N) is 1. The van der Waals surface area contributed by atoms with Gasteiger partial charge < -0.3 is 20.5 Å². The van der Waals surface area contributed by atoms with Crippen molar-refractivity contribution in [2.75, 3.05) is 12.8 Å². The smallest absolute Gasteiger partial charge is 0.255 e. The molecule has 1 amide bonds. The lowest BCUT2D eigenvalue weighted by Gasteiger charge is -2.10. The summed E-state index contributed by atoms with van der Waals surface area (Å²) < 4.78 is 10.8. The maximum atomic E-state index is 12.4. The first-order valence-electron chi connectivity index (χ1n) is 8.60. The Morgan fingerprint density at radius 2 is 1.86 bits per heavy atom. The van der Waals surface area contributed by atoms with E-state index in [4.69, 9.17) is 26.8 Å². The minimum atomic E-state index is -0.296. The molecule has 0 aliphatic carbocycles. The lowest BCUT2D eigenvalue weighted by Crippen LogP contribution is -2.24. The number of benzene rings is 2. The van der Waals surface area contributed by atoms with Gasteiger partial charge in [-0.15, -0.1) is 0 Å². The van der Waals surface area contributed by atoms with E-state index in [9.17, 15) is 4.79 Å². The number of anilines is 1. The van der Waals surface area contributed by atoms with Gasteiger partial charge in [-0.3, -0.25) is 4.79 Å². The van der Waals surface area contributed by atoms with Gasteiger partial charge in [-0.05, 0) is 48.0 Å². The van der Waals surface area contributed by atoms with Gasteiger partial charge in [-0.1, -0.05) is 29.8 Å². The third-order valence-electron chi connectivity index (χ3n) is 3.90. The Morgan fingerprint density at radius 3 is 2.57 bits per heavy atom. The first-order valence-corrected chi connectivity index (χ1v) is 8.98.